The van der Waals surface area contributed by atoms with E-state index in [4.69, 9.17) is 0 Å². The van der Waals surface area contributed by atoms with E-state index in [1.165, 1.54) is 17.0 Å². The van der Waals surface area contributed by atoms with Crippen LogP contribution in [0.5, 0.6) is 0 Å². The Bertz CT molecular complexity index is 661. The van der Waals surface area contributed by atoms with E-state index in [-0.39, 0.29) is 18.1 Å². The molecule has 0 radical (unpaired) electrons. The highest BCUT2D eigenvalue weighted by molar-refractivity contribution is 7.90. The quantitative estimate of drug-likeness (QED) is 0.827. The Hall–Kier alpha value is -1.63. The largest absolute Gasteiger partial charge is 0.368 e. The number of amides is 1. The minimum Gasteiger partial charge on any atom is -0.368 e. The van der Waals surface area contributed by atoms with Crippen molar-refractivity contribution in [3.63, 3.8) is 0 Å². The van der Waals surface area contributed by atoms with Crippen LogP contribution in [0.4, 0.5) is 15.8 Å². The molecule has 1 aromatic carbocycles. The highest BCUT2D eigenvalue weighted by Gasteiger charge is 2.27. The average molecular weight is 328 g/mol. The number of benzene rings is 1. The lowest BCUT2D eigenvalue weighted by atomic mass is 10.1. The Morgan fingerprint density at radius 1 is 1.27 bits per heavy atom. The second kappa shape index (κ2) is 6.64. The SMILES string of the molecule is CCCN1CCN(C(=O)CCS(C)(=O)=O)c2cc(F)ccc21. The van der Waals surface area contributed by atoms with E-state index in [1.807, 2.05) is 0 Å². The van der Waals surface area contributed by atoms with Crippen molar-refractivity contribution in [1.29, 1.82) is 0 Å². The molecule has 2 rings (SSSR count). The number of halogens is 1. The van der Waals surface area contributed by atoms with Crippen molar-refractivity contribution < 1.29 is 17.6 Å². The number of anilines is 2. The summed E-state index contributed by atoms with van der Waals surface area (Å²) in [5.74, 6) is -0.877. The fraction of sp³-hybridized carbons (Fsp3) is 0.533. The summed E-state index contributed by atoms with van der Waals surface area (Å²) in [5, 5.41) is 0. The molecule has 1 aliphatic heterocycles. The van der Waals surface area contributed by atoms with Crippen LogP contribution in [0.15, 0.2) is 18.2 Å². The standard InChI is InChI=1S/C15H21FN2O3S/c1-3-7-17-8-9-18(15(19)6-10-22(2,20)21)14-11-12(16)4-5-13(14)17/h4-5,11H,3,6-10H2,1-2H3. The molecule has 0 aromatic heterocycles. The Morgan fingerprint density at radius 2 is 2.00 bits per heavy atom. The summed E-state index contributed by atoms with van der Waals surface area (Å²) in [7, 11) is -3.19. The normalized spacial score (nSPS) is 14.9. The lowest BCUT2D eigenvalue weighted by molar-refractivity contribution is -0.118. The Balaban J connectivity index is 2.25. The Labute approximate surface area is 130 Å². The zero-order valence-electron chi connectivity index (χ0n) is 12.9. The van der Waals surface area contributed by atoms with E-state index in [9.17, 15) is 17.6 Å². The second-order valence-corrected chi connectivity index (χ2v) is 7.81. The van der Waals surface area contributed by atoms with Crippen molar-refractivity contribution in [1.82, 2.24) is 0 Å². The highest BCUT2D eigenvalue weighted by Crippen LogP contribution is 2.34. The maximum absolute atomic E-state index is 13.6. The van der Waals surface area contributed by atoms with Gasteiger partial charge in [-0.15, -0.1) is 0 Å². The number of carbonyl (C=O) groups is 1. The topological polar surface area (TPSA) is 57.7 Å². The molecule has 1 aromatic rings. The molecule has 0 saturated carbocycles. The van der Waals surface area contributed by atoms with E-state index in [1.54, 1.807) is 6.07 Å². The van der Waals surface area contributed by atoms with Crippen LogP contribution in [0, 0.1) is 5.82 Å². The Kier molecular flexibility index (Phi) is 5.05. The first-order valence-electron chi connectivity index (χ1n) is 7.34. The van der Waals surface area contributed by atoms with E-state index in [0.29, 0.717) is 18.8 Å². The molecule has 1 amide bonds. The number of fused-ring (bicyclic) bond motifs is 1. The Morgan fingerprint density at radius 3 is 2.64 bits per heavy atom. The van der Waals surface area contributed by atoms with Crippen LogP contribution in [0.3, 0.4) is 0 Å². The zero-order chi connectivity index (χ0) is 16.3. The van der Waals surface area contributed by atoms with Crippen LogP contribution in [0.25, 0.3) is 0 Å². The molecule has 0 saturated heterocycles. The molecule has 7 heteroatoms. The number of sulfone groups is 1. The van der Waals surface area contributed by atoms with Gasteiger partial charge < -0.3 is 9.80 Å². The van der Waals surface area contributed by atoms with Crippen LogP contribution < -0.4 is 9.80 Å². The van der Waals surface area contributed by atoms with Gasteiger partial charge in [0.2, 0.25) is 5.91 Å². The van der Waals surface area contributed by atoms with Crippen molar-refractivity contribution in [2.45, 2.75) is 19.8 Å². The van der Waals surface area contributed by atoms with Crippen molar-refractivity contribution in [2.24, 2.45) is 0 Å². The van der Waals surface area contributed by atoms with E-state index in [2.05, 4.69) is 11.8 Å². The molecule has 0 atom stereocenters. The van der Waals surface area contributed by atoms with Crippen LogP contribution in [-0.2, 0) is 14.6 Å². The summed E-state index contributed by atoms with van der Waals surface area (Å²) < 4.78 is 36.0. The van der Waals surface area contributed by atoms with E-state index in [0.717, 1.165) is 24.9 Å². The van der Waals surface area contributed by atoms with Crippen molar-refractivity contribution in [3.8, 4) is 0 Å². The molecular weight excluding hydrogens is 307 g/mol. The van der Waals surface area contributed by atoms with Crippen LogP contribution in [0.2, 0.25) is 0 Å². The molecule has 0 aliphatic carbocycles. The third-order valence-electron chi connectivity index (χ3n) is 3.64. The molecule has 0 bridgehead atoms. The molecule has 122 valence electrons. The van der Waals surface area contributed by atoms with Crippen LogP contribution in [-0.4, -0.2) is 46.0 Å². The van der Waals surface area contributed by atoms with Gasteiger partial charge in [0.1, 0.15) is 15.7 Å². The molecule has 0 spiro atoms. The molecule has 0 fully saturated rings. The number of nitrogens with zero attached hydrogens (tertiary/aromatic N) is 2. The third-order valence-corrected chi connectivity index (χ3v) is 4.59. The maximum Gasteiger partial charge on any atom is 0.228 e. The summed E-state index contributed by atoms with van der Waals surface area (Å²) >= 11 is 0. The van der Waals surface area contributed by atoms with Crippen LogP contribution in [0.1, 0.15) is 19.8 Å². The van der Waals surface area contributed by atoms with Gasteiger partial charge in [0.15, 0.2) is 0 Å². The van der Waals surface area contributed by atoms with Crippen molar-refractivity contribution >= 4 is 27.1 Å². The number of carbonyl (C=O) groups excluding carboxylic acids is 1. The molecule has 5 nitrogen and oxygen atoms in total. The predicted molar refractivity (Wildman–Crippen MR) is 85.6 cm³/mol. The number of hydrogen-bond donors (Lipinski definition) is 0. The minimum absolute atomic E-state index is 0.0808. The van der Waals surface area contributed by atoms with Crippen molar-refractivity contribution in [3.05, 3.63) is 24.0 Å². The van der Waals surface area contributed by atoms with Gasteiger partial charge in [-0.1, -0.05) is 6.92 Å². The van der Waals surface area contributed by atoms with Crippen molar-refractivity contribution in [2.75, 3.05) is 41.4 Å². The average Bonchev–Trinajstić information content (AvgIpc) is 2.44. The second-order valence-electron chi connectivity index (χ2n) is 5.55. The first-order valence-corrected chi connectivity index (χ1v) is 9.40. The first kappa shape index (κ1) is 16.7. The number of rotatable bonds is 5. The van der Waals surface area contributed by atoms with Gasteiger partial charge in [0.05, 0.1) is 17.1 Å². The fourth-order valence-corrected chi connectivity index (χ4v) is 3.16. The lowest BCUT2D eigenvalue weighted by Gasteiger charge is -2.37. The predicted octanol–water partition coefficient (Wildman–Crippen LogP) is 1.82. The van der Waals surface area contributed by atoms with Gasteiger partial charge in [-0.05, 0) is 24.6 Å². The van der Waals surface area contributed by atoms with Gasteiger partial charge in [0.25, 0.3) is 0 Å². The minimum atomic E-state index is -3.19. The monoisotopic (exact) mass is 328 g/mol. The third kappa shape index (κ3) is 3.97. The van der Waals surface area contributed by atoms with Gasteiger partial charge in [0, 0.05) is 32.3 Å². The lowest BCUT2D eigenvalue weighted by Crippen LogP contribution is -2.44. The summed E-state index contributed by atoms with van der Waals surface area (Å²) in [5.41, 5.74) is 1.35. The van der Waals surface area contributed by atoms with Crippen LogP contribution >= 0.6 is 0 Å². The van der Waals surface area contributed by atoms with E-state index >= 15 is 0 Å². The van der Waals surface area contributed by atoms with Gasteiger partial charge in [-0.25, -0.2) is 12.8 Å². The zero-order valence-corrected chi connectivity index (χ0v) is 13.7. The van der Waals surface area contributed by atoms with Gasteiger partial charge in [-0.3, -0.25) is 4.79 Å². The van der Waals surface area contributed by atoms with E-state index < -0.39 is 15.7 Å². The highest BCUT2D eigenvalue weighted by atomic mass is 32.2. The van der Waals surface area contributed by atoms with Gasteiger partial charge >= 0.3 is 0 Å². The van der Waals surface area contributed by atoms with Gasteiger partial charge in [-0.2, -0.15) is 0 Å². The number of hydrogen-bond acceptors (Lipinski definition) is 4. The molecule has 1 aliphatic rings. The first-order chi connectivity index (χ1) is 10.3. The molecule has 1 heterocycles. The fourth-order valence-electron chi connectivity index (χ4n) is 2.61. The summed E-state index contributed by atoms with van der Waals surface area (Å²) in [6.07, 6.45) is 1.98. The summed E-state index contributed by atoms with van der Waals surface area (Å²) in [6.45, 7) is 4.01. The molecule has 22 heavy (non-hydrogen) atoms. The molecule has 0 N–H and O–H groups in total. The molecule has 0 unspecified atom stereocenters. The maximum atomic E-state index is 13.6. The molecular formula is C15H21FN2O3S. The smallest absolute Gasteiger partial charge is 0.228 e. The summed E-state index contributed by atoms with van der Waals surface area (Å²) in [6, 6.07) is 4.40. The summed E-state index contributed by atoms with van der Waals surface area (Å²) in [4.78, 5) is 15.9.